The van der Waals surface area contributed by atoms with Gasteiger partial charge in [-0.05, 0) is 131 Å². The van der Waals surface area contributed by atoms with Gasteiger partial charge in [-0.3, -0.25) is 14.4 Å². The van der Waals surface area contributed by atoms with Crippen molar-refractivity contribution in [1.29, 1.82) is 0 Å². The van der Waals surface area contributed by atoms with Crippen LogP contribution in [-0.2, 0) is 19.1 Å². The van der Waals surface area contributed by atoms with Gasteiger partial charge in [-0.1, -0.05) is 45.3 Å². The minimum absolute atomic E-state index is 0.285. The summed E-state index contributed by atoms with van der Waals surface area (Å²) in [6, 6.07) is 12.7. The molecule has 2 aromatic rings. The zero-order chi connectivity index (χ0) is 34.8. The maximum atomic E-state index is 13.1. The zero-order valence-corrected chi connectivity index (χ0v) is 29.2. The summed E-state index contributed by atoms with van der Waals surface area (Å²) in [7, 11) is 0. The van der Waals surface area contributed by atoms with Gasteiger partial charge >= 0.3 is 17.9 Å². The highest BCUT2D eigenvalue weighted by molar-refractivity contribution is 5.84. The summed E-state index contributed by atoms with van der Waals surface area (Å²) in [5.41, 5.74) is 1.58. The predicted octanol–water partition coefficient (Wildman–Crippen LogP) is 9.34. The molecule has 2 aromatic carbocycles. The van der Waals surface area contributed by atoms with Gasteiger partial charge in [0.25, 0.3) is 0 Å². The van der Waals surface area contributed by atoms with Crippen molar-refractivity contribution in [2.45, 2.75) is 116 Å². The number of ether oxygens (including phenoxy) is 4. The van der Waals surface area contributed by atoms with Gasteiger partial charge in [0.15, 0.2) is 6.29 Å². The Bertz CT molecular complexity index is 1350. The molecule has 2 aliphatic carbocycles. The summed E-state index contributed by atoms with van der Waals surface area (Å²) in [5, 5.41) is 0. The highest BCUT2D eigenvalue weighted by Gasteiger charge is 2.32. The SMILES string of the molecule is C=CC(=O)OCCCCCCOc1ccc(OC(=O)C2CCC(C(=O)Oc3ccc(C4CCC(CCCCC)CC4)cc3C=O)CC2)cc1. The van der Waals surface area contributed by atoms with Crippen molar-refractivity contribution in [3.05, 3.63) is 66.2 Å². The third-order valence-electron chi connectivity index (χ3n) is 10.1. The highest BCUT2D eigenvalue weighted by Crippen LogP contribution is 2.39. The van der Waals surface area contributed by atoms with Crippen molar-refractivity contribution in [1.82, 2.24) is 0 Å². The molecule has 0 aromatic heterocycles. The fraction of sp³-hybridized carbons (Fsp3) is 0.561. The Balaban J connectivity index is 1.14. The van der Waals surface area contributed by atoms with Crippen LogP contribution in [0.4, 0.5) is 0 Å². The van der Waals surface area contributed by atoms with Crippen LogP contribution < -0.4 is 14.2 Å². The van der Waals surface area contributed by atoms with E-state index in [0.29, 0.717) is 67.6 Å². The molecule has 0 heterocycles. The second kappa shape index (κ2) is 20.5. The first-order valence-electron chi connectivity index (χ1n) is 18.4. The van der Waals surface area contributed by atoms with E-state index in [0.717, 1.165) is 62.4 Å². The zero-order valence-electron chi connectivity index (χ0n) is 29.2. The number of aldehydes is 1. The van der Waals surface area contributed by atoms with E-state index in [1.54, 1.807) is 30.3 Å². The van der Waals surface area contributed by atoms with Crippen molar-refractivity contribution in [2.75, 3.05) is 13.2 Å². The Kier molecular flexibility index (Phi) is 15.9. The molecule has 0 spiro atoms. The summed E-state index contributed by atoms with van der Waals surface area (Å²) in [5.74, 6) is 1.09. The molecule has 0 radical (unpaired) electrons. The van der Waals surface area contributed by atoms with Gasteiger partial charge in [-0.25, -0.2) is 4.79 Å². The van der Waals surface area contributed by atoms with E-state index in [-0.39, 0.29) is 23.8 Å². The number of carbonyl (C=O) groups is 4. The first-order valence-corrected chi connectivity index (χ1v) is 18.4. The van der Waals surface area contributed by atoms with Crippen LogP contribution in [0.5, 0.6) is 17.2 Å². The Morgan fingerprint density at radius 1 is 0.735 bits per heavy atom. The minimum Gasteiger partial charge on any atom is -0.494 e. The second-order valence-electron chi connectivity index (χ2n) is 13.6. The summed E-state index contributed by atoms with van der Waals surface area (Å²) in [6.45, 7) is 6.59. The van der Waals surface area contributed by atoms with Crippen molar-refractivity contribution in [3.63, 3.8) is 0 Å². The molecule has 4 rings (SSSR count). The highest BCUT2D eigenvalue weighted by atomic mass is 16.5. The molecule has 266 valence electrons. The lowest BCUT2D eigenvalue weighted by molar-refractivity contribution is -0.145. The Morgan fingerprint density at radius 2 is 1.37 bits per heavy atom. The molecular formula is C41H54O8. The molecule has 0 saturated heterocycles. The average molecular weight is 675 g/mol. The lowest BCUT2D eigenvalue weighted by Crippen LogP contribution is -2.30. The molecule has 8 heteroatoms. The largest absolute Gasteiger partial charge is 0.494 e. The lowest BCUT2D eigenvalue weighted by Gasteiger charge is -2.29. The van der Waals surface area contributed by atoms with Gasteiger partial charge in [0, 0.05) is 6.08 Å². The van der Waals surface area contributed by atoms with Crippen LogP contribution >= 0.6 is 0 Å². The maximum Gasteiger partial charge on any atom is 0.330 e. The second-order valence-corrected chi connectivity index (χ2v) is 13.6. The predicted molar refractivity (Wildman–Crippen MR) is 189 cm³/mol. The van der Waals surface area contributed by atoms with E-state index in [1.807, 2.05) is 12.1 Å². The van der Waals surface area contributed by atoms with E-state index in [2.05, 4.69) is 13.5 Å². The number of benzene rings is 2. The number of carbonyl (C=O) groups excluding carboxylic acids is 4. The lowest BCUT2D eigenvalue weighted by atomic mass is 9.77. The molecule has 8 nitrogen and oxygen atoms in total. The van der Waals surface area contributed by atoms with Gasteiger partial charge in [0.05, 0.1) is 30.6 Å². The fourth-order valence-corrected chi connectivity index (χ4v) is 7.01. The van der Waals surface area contributed by atoms with Crippen LogP contribution in [0.15, 0.2) is 55.1 Å². The molecular weight excluding hydrogens is 620 g/mol. The van der Waals surface area contributed by atoms with Gasteiger partial charge in [-0.15, -0.1) is 0 Å². The molecule has 0 N–H and O–H groups in total. The first-order chi connectivity index (χ1) is 23.9. The van der Waals surface area contributed by atoms with Crippen LogP contribution in [0.25, 0.3) is 0 Å². The van der Waals surface area contributed by atoms with Crippen molar-refractivity contribution >= 4 is 24.2 Å². The average Bonchev–Trinajstić information content (AvgIpc) is 3.13. The minimum atomic E-state index is -0.394. The normalized spacial score (nSPS) is 20.5. The summed E-state index contributed by atoms with van der Waals surface area (Å²) in [6.07, 6.45) is 17.7. The molecule has 2 aliphatic rings. The van der Waals surface area contributed by atoms with E-state index in [4.69, 9.17) is 18.9 Å². The van der Waals surface area contributed by atoms with Gasteiger partial charge in [0.2, 0.25) is 0 Å². The number of unbranched alkanes of at least 4 members (excludes halogenated alkanes) is 5. The van der Waals surface area contributed by atoms with Crippen LogP contribution in [0.2, 0.25) is 0 Å². The fourth-order valence-electron chi connectivity index (χ4n) is 7.01. The third-order valence-corrected chi connectivity index (χ3v) is 10.1. The molecule has 0 atom stereocenters. The molecule has 0 amide bonds. The van der Waals surface area contributed by atoms with E-state index >= 15 is 0 Å². The summed E-state index contributed by atoms with van der Waals surface area (Å²) < 4.78 is 22.1. The number of esters is 3. The Labute approximate surface area is 291 Å². The van der Waals surface area contributed by atoms with Crippen LogP contribution in [-0.4, -0.2) is 37.4 Å². The third kappa shape index (κ3) is 12.5. The molecule has 0 unspecified atom stereocenters. The van der Waals surface area contributed by atoms with Gasteiger partial charge in [0.1, 0.15) is 17.2 Å². The maximum absolute atomic E-state index is 13.1. The Morgan fingerprint density at radius 3 is 2.00 bits per heavy atom. The molecule has 0 bridgehead atoms. The van der Waals surface area contributed by atoms with Crippen LogP contribution in [0.1, 0.15) is 131 Å². The van der Waals surface area contributed by atoms with E-state index in [9.17, 15) is 19.2 Å². The summed E-state index contributed by atoms with van der Waals surface area (Å²) in [4.78, 5) is 48.9. The number of hydrogen-bond donors (Lipinski definition) is 0. The topological polar surface area (TPSA) is 105 Å². The molecule has 2 fully saturated rings. The number of hydrogen-bond acceptors (Lipinski definition) is 8. The van der Waals surface area contributed by atoms with E-state index in [1.165, 1.54) is 38.5 Å². The number of rotatable bonds is 19. The van der Waals surface area contributed by atoms with Gasteiger partial charge < -0.3 is 18.9 Å². The van der Waals surface area contributed by atoms with Crippen molar-refractivity contribution in [2.24, 2.45) is 17.8 Å². The van der Waals surface area contributed by atoms with Crippen LogP contribution in [0, 0.1) is 17.8 Å². The monoisotopic (exact) mass is 674 g/mol. The molecule has 0 aliphatic heterocycles. The smallest absolute Gasteiger partial charge is 0.330 e. The molecule has 2 saturated carbocycles. The van der Waals surface area contributed by atoms with Crippen LogP contribution in [0.3, 0.4) is 0 Å². The van der Waals surface area contributed by atoms with Crippen molar-refractivity contribution in [3.8, 4) is 17.2 Å². The van der Waals surface area contributed by atoms with Crippen molar-refractivity contribution < 1.29 is 38.1 Å². The first kappa shape index (κ1) is 37.9. The molecule has 49 heavy (non-hydrogen) atoms. The van der Waals surface area contributed by atoms with Gasteiger partial charge in [-0.2, -0.15) is 0 Å². The Hall–Kier alpha value is -3.94. The quantitative estimate of drug-likeness (QED) is 0.0477. The standard InChI is InChI=1S/C41H54O8/c1-3-5-8-11-30-12-14-31(15-13-30)34-20-25-38(35(28-34)29-42)49-41(45)33-18-16-32(17-19-33)40(44)48-37-23-21-36(22-24-37)46-26-9-6-7-10-27-47-39(43)4-2/h4,20-25,28-33H,2-3,5-19,26-27H2,1H3. The summed E-state index contributed by atoms with van der Waals surface area (Å²) >= 11 is 0. The van der Waals surface area contributed by atoms with E-state index < -0.39 is 5.97 Å².